The average Bonchev–Trinajstić information content (AvgIpc) is 3.43. The van der Waals surface area contributed by atoms with Gasteiger partial charge in [-0.1, -0.05) is 6.07 Å². The number of hydrogen-bond donors (Lipinski definition) is 2. The van der Waals surface area contributed by atoms with E-state index >= 15 is 0 Å². The summed E-state index contributed by atoms with van der Waals surface area (Å²) in [6.45, 7) is 12.0. The molecule has 2 saturated heterocycles. The van der Waals surface area contributed by atoms with Crippen LogP contribution in [0.1, 0.15) is 65.5 Å². The second-order valence-corrected chi connectivity index (χ2v) is 12.0. The Morgan fingerprint density at radius 1 is 0.846 bits per heavy atom. The van der Waals surface area contributed by atoms with Gasteiger partial charge in [0, 0.05) is 42.8 Å². The summed E-state index contributed by atoms with van der Waals surface area (Å²) in [4.78, 5) is 34.6. The van der Waals surface area contributed by atoms with E-state index in [2.05, 4.69) is 9.97 Å². The summed E-state index contributed by atoms with van der Waals surface area (Å²) in [6.07, 6.45) is 5.77. The zero-order valence-electron chi connectivity index (χ0n) is 23.5. The van der Waals surface area contributed by atoms with Crippen LogP contribution in [-0.4, -0.2) is 79.5 Å². The molecule has 2 unspecified atom stereocenters. The van der Waals surface area contributed by atoms with Crippen molar-refractivity contribution in [1.29, 1.82) is 0 Å². The topological polar surface area (TPSA) is 125 Å². The minimum absolute atomic E-state index is 0.0764. The quantitative estimate of drug-likeness (QED) is 0.580. The highest BCUT2D eigenvalue weighted by Crippen LogP contribution is 2.33. The Morgan fingerprint density at radius 3 is 1.77 bits per heavy atom. The van der Waals surface area contributed by atoms with Crippen molar-refractivity contribution in [2.45, 2.75) is 76.8 Å². The smallest absolute Gasteiger partial charge is 0.410 e. The maximum absolute atomic E-state index is 13.2. The molecule has 0 aromatic carbocycles. The van der Waals surface area contributed by atoms with Crippen LogP contribution in [0.3, 0.4) is 0 Å². The minimum Gasteiger partial charge on any atom is -0.444 e. The number of hydrogen-bond acceptors (Lipinski definition) is 8. The maximum atomic E-state index is 13.2. The minimum atomic E-state index is -1.27. The van der Waals surface area contributed by atoms with Gasteiger partial charge in [0.05, 0.1) is 19.3 Å². The molecule has 0 aliphatic carbocycles. The summed E-state index contributed by atoms with van der Waals surface area (Å²) in [7, 11) is 0. The number of amides is 2. The Balaban J connectivity index is 0.000000216. The van der Waals surface area contributed by atoms with Crippen LogP contribution in [0.15, 0.2) is 43.0 Å². The van der Waals surface area contributed by atoms with Crippen LogP contribution in [0.4, 0.5) is 14.0 Å². The van der Waals surface area contributed by atoms with Crippen LogP contribution in [0.25, 0.3) is 0 Å². The third kappa shape index (κ3) is 8.34. The van der Waals surface area contributed by atoms with Gasteiger partial charge in [-0.15, -0.1) is 0 Å². The summed E-state index contributed by atoms with van der Waals surface area (Å²) in [5.74, 6) is -0.508. The van der Waals surface area contributed by atoms with E-state index in [1.807, 2.05) is 26.8 Å². The van der Waals surface area contributed by atoms with Gasteiger partial charge in [-0.3, -0.25) is 9.97 Å². The summed E-state index contributed by atoms with van der Waals surface area (Å²) < 4.78 is 23.8. The highest BCUT2D eigenvalue weighted by atomic mass is 19.1. The molecule has 39 heavy (non-hydrogen) atoms. The molecular weight excluding hydrogens is 507 g/mol. The lowest BCUT2D eigenvalue weighted by molar-refractivity contribution is 0.0136. The van der Waals surface area contributed by atoms with Crippen molar-refractivity contribution in [2.24, 2.45) is 0 Å². The fourth-order valence-corrected chi connectivity index (χ4v) is 4.33. The third-order valence-electron chi connectivity index (χ3n) is 6.24. The number of carbonyl (C=O) groups is 2. The van der Waals surface area contributed by atoms with Crippen LogP contribution >= 0.6 is 0 Å². The predicted molar refractivity (Wildman–Crippen MR) is 141 cm³/mol. The molecule has 0 spiro atoms. The van der Waals surface area contributed by atoms with Crippen LogP contribution in [0, 0.1) is 5.82 Å². The molecule has 2 N–H and O–H groups in total. The van der Waals surface area contributed by atoms with Crippen LogP contribution in [0.5, 0.6) is 0 Å². The standard InChI is InChI=1S/C14H19FN2O3.C14H20N2O3/c1-13(2,3)20-12(18)17-5-4-14(19,9-17)10-6-11(15)8-16-7-10;1-13(2,3)19-12(17)16-8-6-14(18,10-16)11-5-4-7-15-9-11/h6-8,19H,4-5,9H2,1-3H3;4-5,7,9,18H,6,8,10H2,1-3H3. The molecule has 2 aliphatic heterocycles. The molecule has 0 bridgehead atoms. The molecule has 0 saturated carbocycles. The lowest BCUT2D eigenvalue weighted by atomic mass is 9.95. The molecule has 2 aliphatic rings. The van der Waals surface area contributed by atoms with Gasteiger partial charge >= 0.3 is 12.2 Å². The Kier molecular flexibility index (Phi) is 8.86. The van der Waals surface area contributed by atoms with Crippen LogP contribution in [-0.2, 0) is 20.7 Å². The van der Waals surface area contributed by atoms with Gasteiger partial charge in [0.2, 0.25) is 0 Å². The largest absolute Gasteiger partial charge is 0.444 e. The molecule has 4 rings (SSSR count). The summed E-state index contributed by atoms with van der Waals surface area (Å²) >= 11 is 0. The molecule has 2 aromatic heterocycles. The van der Waals surface area contributed by atoms with Gasteiger partial charge in [0.25, 0.3) is 0 Å². The Hall–Kier alpha value is -3.31. The van der Waals surface area contributed by atoms with E-state index in [1.54, 1.807) is 39.2 Å². The summed E-state index contributed by atoms with van der Waals surface area (Å²) in [5, 5.41) is 21.1. The van der Waals surface area contributed by atoms with Gasteiger partial charge in [-0.25, -0.2) is 14.0 Å². The predicted octanol–water partition coefficient (Wildman–Crippen LogP) is 3.96. The molecule has 2 aromatic rings. The molecule has 10 nitrogen and oxygen atoms in total. The number of likely N-dealkylation sites (tertiary alicyclic amines) is 2. The highest BCUT2D eigenvalue weighted by Gasteiger charge is 2.42. The molecular formula is C28H39FN4O6. The number of aliphatic hydroxyl groups is 2. The normalized spacial score (nSPS) is 23.2. The van der Waals surface area contributed by atoms with Crippen molar-refractivity contribution in [3.05, 3.63) is 59.9 Å². The Bertz CT molecular complexity index is 1150. The van der Waals surface area contributed by atoms with Crippen molar-refractivity contribution < 1.29 is 33.7 Å². The monoisotopic (exact) mass is 546 g/mol. The van der Waals surface area contributed by atoms with E-state index in [4.69, 9.17) is 9.47 Å². The van der Waals surface area contributed by atoms with E-state index in [1.165, 1.54) is 22.1 Å². The lowest BCUT2D eigenvalue weighted by Crippen LogP contribution is -2.38. The number of halogens is 1. The van der Waals surface area contributed by atoms with E-state index in [-0.39, 0.29) is 19.2 Å². The van der Waals surface area contributed by atoms with Gasteiger partial charge in [-0.05, 0) is 66.5 Å². The van der Waals surface area contributed by atoms with Crippen molar-refractivity contribution in [3.63, 3.8) is 0 Å². The second kappa shape index (κ2) is 11.4. The molecule has 0 radical (unpaired) electrons. The van der Waals surface area contributed by atoms with Crippen molar-refractivity contribution in [2.75, 3.05) is 26.2 Å². The number of carbonyl (C=O) groups excluding carboxylic acids is 2. The number of β-amino-alcohol motifs (C(OH)–C–C–N with tert-alkyl or cyclic N) is 2. The molecule has 11 heteroatoms. The van der Waals surface area contributed by atoms with E-state index in [0.717, 1.165) is 11.8 Å². The van der Waals surface area contributed by atoms with Gasteiger partial charge in [0.1, 0.15) is 28.2 Å². The first-order valence-electron chi connectivity index (χ1n) is 12.9. The van der Waals surface area contributed by atoms with Crippen LogP contribution < -0.4 is 0 Å². The molecule has 2 fully saturated rings. The second-order valence-electron chi connectivity index (χ2n) is 12.0. The fraction of sp³-hybridized carbons (Fsp3) is 0.571. The summed E-state index contributed by atoms with van der Waals surface area (Å²) in [5.41, 5.74) is -2.29. The molecule has 214 valence electrons. The first-order chi connectivity index (χ1) is 18.0. The zero-order valence-corrected chi connectivity index (χ0v) is 23.5. The van der Waals surface area contributed by atoms with E-state index < -0.39 is 34.3 Å². The van der Waals surface area contributed by atoms with Gasteiger partial charge in [0.15, 0.2) is 0 Å². The molecule has 2 atom stereocenters. The van der Waals surface area contributed by atoms with E-state index in [0.29, 0.717) is 31.5 Å². The van der Waals surface area contributed by atoms with Gasteiger partial charge in [-0.2, -0.15) is 0 Å². The maximum Gasteiger partial charge on any atom is 0.410 e. The summed E-state index contributed by atoms with van der Waals surface area (Å²) in [6, 6.07) is 4.85. The Labute approximate surface area is 228 Å². The third-order valence-corrected chi connectivity index (χ3v) is 6.24. The number of rotatable bonds is 2. The van der Waals surface area contributed by atoms with E-state index in [9.17, 15) is 24.2 Å². The lowest BCUT2D eigenvalue weighted by Gasteiger charge is -2.26. The number of aromatic nitrogens is 2. The Morgan fingerprint density at radius 2 is 1.33 bits per heavy atom. The fourth-order valence-electron chi connectivity index (χ4n) is 4.33. The van der Waals surface area contributed by atoms with Crippen molar-refractivity contribution in [3.8, 4) is 0 Å². The number of pyridine rings is 2. The first kappa shape index (κ1) is 30.2. The molecule has 2 amide bonds. The SMILES string of the molecule is CC(C)(C)OC(=O)N1CCC(O)(c2cccnc2)C1.CC(C)(C)OC(=O)N1CCC(O)(c2cncc(F)c2)C1. The highest BCUT2D eigenvalue weighted by molar-refractivity contribution is 5.69. The van der Waals surface area contributed by atoms with Crippen molar-refractivity contribution in [1.82, 2.24) is 19.8 Å². The average molecular weight is 547 g/mol. The van der Waals surface area contributed by atoms with Gasteiger partial charge < -0.3 is 29.5 Å². The van der Waals surface area contributed by atoms with Crippen LogP contribution in [0.2, 0.25) is 0 Å². The zero-order chi connectivity index (χ0) is 29.1. The van der Waals surface area contributed by atoms with Crippen molar-refractivity contribution >= 4 is 12.2 Å². The number of nitrogens with zero attached hydrogens (tertiary/aromatic N) is 4. The number of ether oxygens (including phenoxy) is 2. The molecule has 4 heterocycles. The first-order valence-corrected chi connectivity index (χ1v) is 12.9.